The number of carbonyl (C=O) groups excluding carboxylic acids is 2. The number of hydrogen-bond acceptors (Lipinski definition) is 4. The molecule has 0 aliphatic heterocycles. The number of rotatable bonds is 5. The zero-order chi connectivity index (χ0) is 17.5. The Hall–Kier alpha value is -2.67. The Kier molecular flexibility index (Phi) is 6.08. The fourth-order valence-corrected chi connectivity index (χ4v) is 2.45. The molecular weight excluding hydrogens is 324 g/mol. The molecule has 3 amide bonds. The molecule has 0 atom stereocenters. The van der Waals surface area contributed by atoms with Crippen LogP contribution in [-0.4, -0.2) is 23.0 Å². The number of anilines is 2. The highest BCUT2D eigenvalue weighted by Crippen LogP contribution is 2.14. The minimum atomic E-state index is -0.261. The first-order valence-corrected chi connectivity index (χ1v) is 8.39. The molecule has 0 spiro atoms. The van der Waals surface area contributed by atoms with Crippen molar-refractivity contribution in [3.05, 3.63) is 46.4 Å². The summed E-state index contributed by atoms with van der Waals surface area (Å²) >= 11 is 1.54. The minimum Gasteiger partial charge on any atom is -0.336 e. The molecule has 0 aliphatic carbocycles. The topological polar surface area (TPSA) is 83.1 Å². The van der Waals surface area contributed by atoms with Gasteiger partial charge in [-0.3, -0.25) is 4.79 Å². The molecule has 0 saturated carbocycles. The van der Waals surface area contributed by atoms with Crippen molar-refractivity contribution >= 4 is 40.7 Å². The van der Waals surface area contributed by atoms with Gasteiger partial charge in [-0.2, -0.15) is 0 Å². The van der Waals surface area contributed by atoms with Crippen molar-refractivity contribution in [3.8, 4) is 0 Å². The predicted molar refractivity (Wildman–Crippen MR) is 98.2 cm³/mol. The Morgan fingerprint density at radius 2 is 1.75 bits per heavy atom. The van der Waals surface area contributed by atoms with Crippen LogP contribution in [0.3, 0.4) is 0 Å². The highest BCUT2D eigenvalue weighted by molar-refractivity contribution is 7.09. The number of carbonyl (C=O) groups is 2. The Bertz CT molecular complexity index is 735. The smallest absolute Gasteiger partial charge is 0.319 e. The van der Waals surface area contributed by atoms with E-state index in [0.29, 0.717) is 11.4 Å². The lowest BCUT2D eigenvalue weighted by atomic mass is 10.2. The molecule has 126 valence electrons. The molecule has 0 saturated heterocycles. The van der Waals surface area contributed by atoms with E-state index in [1.165, 1.54) is 17.4 Å². The van der Waals surface area contributed by atoms with Gasteiger partial charge in [-0.25, -0.2) is 9.78 Å². The maximum Gasteiger partial charge on any atom is 0.319 e. The van der Waals surface area contributed by atoms with E-state index in [0.717, 1.165) is 10.7 Å². The van der Waals surface area contributed by atoms with E-state index in [1.807, 2.05) is 26.2 Å². The van der Waals surface area contributed by atoms with Gasteiger partial charge in [-0.05, 0) is 51.1 Å². The highest BCUT2D eigenvalue weighted by atomic mass is 32.1. The van der Waals surface area contributed by atoms with Crippen molar-refractivity contribution < 1.29 is 9.59 Å². The average Bonchev–Trinajstić information content (AvgIpc) is 2.92. The van der Waals surface area contributed by atoms with Crippen LogP contribution in [-0.2, 0) is 4.79 Å². The first-order valence-electron chi connectivity index (χ1n) is 7.51. The van der Waals surface area contributed by atoms with Crippen molar-refractivity contribution in [1.29, 1.82) is 0 Å². The normalized spacial score (nSPS) is 10.8. The van der Waals surface area contributed by atoms with E-state index in [9.17, 15) is 9.59 Å². The molecule has 0 fully saturated rings. The Labute approximate surface area is 145 Å². The molecule has 0 unspecified atom stereocenters. The van der Waals surface area contributed by atoms with Crippen LogP contribution >= 0.6 is 11.3 Å². The van der Waals surface area contributed by atoms with Crippen LogP contribution in [0.25, 0.3) is 6.08 Å². The van der Waals surface area contributed by atoms with E-state index < -0.39 is 0 Å². The number of hydrogen-bond donors (Lipinski definition) is 3. The molecule has 0 aliphatic rings. The van der Waals surface area contributed by atoms with Crippen molar-refractivity contribution in [2.75, 3.05) is 10.6 Å². The van der Waals surface area contributed by atoms with Gasteiger partial charge in [-0.15, -0.1) is 11.3 Å². The largest absolute Gasteiger partial charge is 0.336 e. The van der Waals surface area contributed by atoms with Crippen molar-refractivity contribution in [1.82, 2.24) is 10.3 Å². The highest BCUT2D eigenvalue weighted by Gasteiger charge is 2.04. The second kappa shape index (κ2) is 8.26. The summed E-state index contributed by atoms with van der Waals surface area (Å²) in [6, 6.07) is 6.71. The molecule has 3 N–H and O–H groups in total. The van der Waals surface area contributed by atoms with Gasteiger partial charge in [0.1, 0.15) is 0 Å². The third-order valence-corrected chi connectivity index (χ3v) is 3.66. The van der Waals surface area contributed by atoms with Gasteiger partial charge in [-0.1, -0.05) is 0 Å². The molecule has 24 heavy (non-hydrogen) atoms. The molecule has 2 rings (SSSR count). The van der Waals surface area contributed by atoms with Crippen molar-refractivity contribution in [2.45, 2.75) is 26.8 Å². The van der Waals surface area contributed by atoms with Crippen molar-refractivity contribution in [3.63, 3.8) is 0 Å². The maximum atomic E-state index is 11.9. The van der Waals surface area contributed by atoms with Crippen LogP contribution in [0.1, 0.15) is 24.5 Å². The fraction of sp³-hybridized carbons (Fsp3) is 0.235. The predicted octanol–water partition coefficient (Wildman–Crippen LogP) is 3.63. The van der Waals surface area contributed by atoms with Gasteiger partial charge in [0.25, 0.3) is 0 Å². The monoisotopic (exact) mass is 344 g/mol. The van der Waals surface area contributed by atoms with E-state index in [2.05, 4.69) is 20.9 Å². The standard InChI is InChI=1S/C17H20N4O2S/c1-11(2)18-17(23)21-14-6-4-13(5-7-14)20-16(22)9-8-15-10-24-12(3)19-15/h4-11H,1-3H3,(H,20,22)(H2,18,21,23)/b9-8+. The zero-order valence-electron chi connectivity index (χ0n) is 13.8. The third-order valence-electron chi connectivity index (χ3n) is 2.87. The van der Waals surface area contributed by atoms with Crippen LogP contribution in [0.5, 0.6) is 0 Å². The summed E-state index contributed by atoms with van der Waals surface area (Å²) in [5, 5.41) is 11.1. The third kappa shape index (κ3) is 5.85. The minimum absolute atomic E-state index is 0.0665. The SMILES string of the molecule is Cc1nc(/C=C/C(=O)Nc2ccc(NC(=O)NC(C)C)cc2)cs1. The Balaban J connectivity index is 1.87. The molecule has 6 nitrogen and oxygen atoms in total. The molecule has 1 aromatic heterocycles. The average molecular weight is 344 g/mol. The zero-order valence-corrected chi connectivity index (χ0v) is 14.6. The molecule has 0 radical (unpaired) electrons. The second-order valence-corrected chi connectivity index (χ2v) is 6.51. The molecule has 2 aromatic rings. The van der Waals surface area contributed by atoms with E-state index in [-0.39, 0.29) is 18.0 Å². The molecule has 0 bridgehead atoms. The number of aromatic nitrogens is 1. The maximum absolute atomic E-state index is 11.9. The lowest BCUT2D eigenvalue weighted by Crippen LogP contribution is -2.34. The van der Waals surface area contributed by atoms with Gasteiger partial charge in [0, 0.05) is 28.9 Å². The van der Waals surface area contributed by atoms with Crippen molar-refractivity contribution in [2.24, 2.45) is 0 Å². The van der Waals surface area contributed by atoms with E-state index in [1.54, 1.807) is 30.3 Å². The van der Waals surface area contributed by atoms with E-state index >= 15 is 0 Å². The summed E-state index contributed by atoms with van der Waals surface area (Å²) in [7, 11) is 0. The first kappa shape index (κ1) is 17.7. The number of amides is 3. The lowest BCUT2D eigenvalue weighted by molar-refractivity contribution is -0.111. The summed E-state index contributed by atoms with van der Waals surface area (Å²) in [6.07, 6.45) is 3.11. The molecule has 7 heteroatoms. The lowest BCUT2D eigenvalue weighted by Gasteiger charge is -2.10. The molecule has 1 heterocycles. The van der Waals surface area contributed by atoms with Gasteiger partial charge in [0.2, 0.25) is 5.91 Å². The van der Waals surface area contributed by atoms with Crippen LogP contribution in [0.15, 0.2) is 35.7 Å². The van der Waals surface area contributed by atoms with Crippen LogP contribution < -0.4 is 16.0 Å². The number of nitrogens with zero attached hydrogens (tertiary/aromatic N) is 1. The number of nitrogens with one attached hydrogen (secondary N) is 3. The van der Waals surface area contributed by atoms with Gasteiger partial charge in [0.05, 0.1) is 10.7 Å². The fourth-order valence-electron chi connectivity index (χ4n) is 1.87. The molecular formula is C17H20N4O2S. The molecule has 1 aromatic carbocycles. The first-order chi connectivity index (χ1) is 11.4. The van der Waals surface area contributed by atoms with Crippen LogP contribution in [0, 0.1) is 6.92 Å². The number of benzene rings is 1. The number of urea groups is 1. The van der Waals surface area contributed by atoms with Gasteiger partial charge >= 0.3 is 6.03 Å². The van der Waals surface area contributed by atoms with Crippen LogP contribution in [0.4, 0.5) is 16.2 Å². The summed E-state index contributed by atoms with van der Waals surface area (Å²) in [6.45, 7) is 5.69. The van der Waals surface area contributed by atoms with Gasteiger partial charge in [0.15, 0.2) is 0 Å². The van der Waals surface area contributed by atoms with E-state index in [4.69, 9.17) is 0 Å². The van der Waals surface area contributed by atoms with Crippen LogP contribution in [0.2, 0.25) is 0 Å². The number of aryl methyl sites for hydroxylation is 1. The second-order valence-electron chi connectivity index (χ2n) is 5.44. The Morgan fingerprint density at radius 3 is 2.29 bits per heavy atom. The summed E-state index contributed by atoms with van der Waals surface area (Å²) < 4.78 is 0. The summed E-state index contributed by atoms with van der Waals surface area (Å²) in [4.78, 5) is 27.7. The van der Waals surface area contributed by atoms with Gasteiger partial charge < -0.3 is 16.0 Å². The number of thiazole rings is 1. The summed E-state index contributed by atoms with van der Waals surface area (Å²) in [5.41, 5.74) is 2.07. The quantitative estimate of drug-likeness (QED) is 0.724. The summed E-state index contributed by atoms with van der Waals surface area (Å²) in [5.74, 6) is -0.237. The Morgan fingerprint density at radius 1 is 1.12 bits per heavy atom.